The van der Waals surface area contributed by atoms with Crippen LogP contribution >= 0.6 is 0 Å². The van der Waals surface area contributed by atoms with Crippen LogP contribution in [0.25, 0.3) is 0 Å². The summed E-state index contributed by atoms with van der Waals surface area (Å²) in [4.78, 5) is 4.91. The van der Waals surface area contributed by atoms with Gasteiger partial charge in [-0.25, -0.2) is 5.90 Å². The van der Waals surface area contributed by atoms with Gasteiger partial charge in [-0.05, 0) is 26.7 Å². The van der Waals surface area contributed by atoms with Crippen LogP contribution in [0.4, 0.5) is 0 Å². The van der Waals surface area contributed by atoms with Crippen molar-refractivity contribution in [1.29, 1.82) is 0 Å². The van der Waals surface area contributed by atoms with Gasteiger partial charge in [0.25, 0.3) is 0 Å². The van der Waals surface area contributed by atoms with Crippen LogP contribution in [0.5, 0.6) is 0 Å². The second-order valence-corrected chi connectivity index (χ2v) is 4.19. The number of hydrogen-bond acceptors (Lipinski definition) is 4. The number of ether oxygens (including phenoxy) is 1. The summed E-state index contributed by atoms with van der Waals surface area (Å²) in [7, 11) is 0. The SMILES string of the molecule is CCC(C)(N)OCCC(C)(CC)ON. The van der Waals surface area contributed by atoms with Gasteiger partial charge in [0.2, 0.25) is 0 Å². The Balaban J connectivity index is 3.83. The van der Waals surface area contributed by atoms with Crippen molar-refractivity contribution in [3.63, 3.8) is 0 Å². The van der Waals surface area contributed by atoms with Crippen LogP contribution < -0.4 is 11.6 Å². The Kier molecular flexibility index (Phi) is 5.59. The first kappa shape index (κ1) is 13.8. The highest BCUT2D eigenvalue weighted by atomic mass is 16.6. The molecule has 0 bridgehead atoms. The molecule has 0 aliphatic rings. The lowest BCUT2D eigenvalue weighted by Crippen LogP contribution is -2.41. The fraction of sp³-hybridized carbons (Fsp3) is 1.00. The smallest absolute Gasteiger partial charge is 0.113 e. The minimum Gasteiger partial charge on any atom is -0.361 e. The molecule has 0 aliphatic heterocycles. The highest BCUT2D eigenvalue weighted by Gasteiger charge is 2.24. The minimum absolute atomic E-state index is 0.302. The predicted octanol–water partition coefficient (Wildman–Crippen LogP) is 1.54. The van der Waals surface area contributed by atoms with E-state index in [4.69, 9.17) is 21.2 Å². The van der Waals surface area contributed by atoms with Crippen LogP contribution in [0.2, 0.25) is 0 Å². The van der Waals surface area contributed by atoms with Gasteiger partial charge < -0.3 is 10.5 Å². The van der Waals surface area contributed by atoms with Crippen molar-refractivity contribution in [2.45, 2.75) is 58.3 Å². The van der Waals surface area contributed by atoms with E-state index in [2.05, 4.69) is 0 Å². The summed E-state index contributed by atoms with van der Waals surface area (Å²) in [5.74, 6) is 5.21. The first-order valence-electron chi connectivity index (χ1n) is 5.20. The average Bonchev–Trinajstić information content (AvgIpc) is 2.17. The molecule has 0 aromatic heterocycles. The minimum atomic E-state index is -0.538. The molecule has 0 saturated heterocycles. The molecule has 0 amide bonds. The lowest BCUT2D eigenvalue weighted by atomic mass is 10.00. The van der Waals surface area contributed by atoms with Crippen molar-refractivity contribution < 1.29 is 9.57 Å². The van der Waals surface area contributed by atoms with Crippen LogP contribution in [-0.2, 0) is 9.57 Å². The van der Waals surface area contributed by atoms with E-state index in [1.807, 2.05) is 27.7 Å². The van der Waals surface area contributed by atoms with E-state index in [0.717, 1.165) is 19.3 Å². The molecule has 4 nitrogen and oxygen atoms in total. The molecule has 4 heteroatoms. The predicted molar refractivity (Wildman–Crippen MR) is 57.4 cm³/mol. The molecular formula is C10H24N2O2. The van der Waals surface area contributed by atoms with Gasteiger partial charge in [0, 0.05) is 6.42 Å². The lowest BCUT2D eigenvalue weighted by molar-refractivity contribution is -0.0876. The summed E-state index contributed by atoms with van der Waals surface area (Å²) in [5, 5.41) is 0. The summed E-state index contributed by atoms with van der Waals surface area (Å²) < 4.78 is 5.52. The molecular weight excluding hydrogens is 180 g/mol. The monoisotopic (exact) mass is 204 g/mol. The highest BCUT2D eigenvalue weighted by molar-refractivity contribution is 4.73. The Bertz CT molecular complexity index is 156. The molecule has 2 atom stereocenters. The second kappa shape index (κ2) is 5.66. The van der Waals surface area contributed by atoms with Crippen LogP contribution in [0, 0.1) is 0 Å². The quantitative estimate of drug-likeness (QED) is 0.487. The molecule has 0 saturated carbocycles. The molecule has 2 unspecified atom stereocenters. The van der Waals surface area contributed by atoms with E-state index in [-0.39, 0.29) is 5.60 Å². The van der Waals surface area contributed by atoms with Crippen molar-refractivity contribution in [2.75, 3.05) is 6.61 Å². The van der Waals surface area contributed by atoms with Gasteiger partial charge in [0.1, 0.15) is 5.72 Å². The largest absolute Gasteiger partial charge is 0.361 e. The maximum absolute atomic E-state index is 5.83. The molecule has 86 valence electrons. The number of nitrogens with two attached hydrogens (primary N) is 2. The van der Waals surface area contributed by atoms with E-state index in [1.165, 1.54) is 0 Å². The van der Waals surface area contributed by atoms with Gasteiger partial charge >= 0.3 is 0 Å². The van der Waals surface area contributed by atoms with Crippen molar-refractivity contribution in [3.8, 4) is 0 Å². The fourth-order valence-electron chi connectivity index (χ4n) is 0.921. The highest BCUT2D eigenvalue weighted by Crippen LogP contribution is 2.19. The third-order valence-electron chi connectivity index (χ3n) is 2.80. The third kappa shape index (κ3) is 4.91. The van der Waals surface area contributed by atoms with Crippen molar-refractivity contribution in [3.05, 3.63) is 0 Å². The molecule has 0 aliphatic carbocycles. The van der Waals surface area contributed by atoms with Gasteiger partial charge in [0.05, 0.1) is 12.2 Å². The van der Waals surface area contributed by atoms with Crippen LogP contribution in [0.15, 0.2) is 0 Å². The van der Waals surface area contributed by atoms with Gasteiger partial charge in [-0.15, -0.1) is 0 Å². The Morgan fingerprint density at radius 3 is 2.07 bits per heavy atom. The first-order valence-corrected chi connectivity index (χ1v) is 5.20. The summed E-state index contributed by atoms with van der Waals surface area (Å²) in [6.45, 7) is 8.45. The molecule has 0 aromatic rings. The topological polar surface area (TPSA) is 70.5 Å². The molecule has 14 heavy (non-hydrogen) atoms. The van der Waals surface area contributed by atoms with E-state index in [1.54, 1.807) is 0 Å². The third-order valence-corrected chi connectivity index (χ3v) is 2.80. The molecule has 0 radical (unpaired) electrons. The molecule has 0 spiro atoms. The van der Waals surface area contributed by atoms with E-state index in [0.29, 0.717) is 6.61 Å². The Morgan fingerprint density at radius 1 is 1.14 bits per heavy atom. The van der Waals surface area contributed by atoms with Crippen molar-refractivity contribution in [2.24, 2.45) is 11.6 Å². The summed E-state index contributed by atoms with van der Waals surface area (Å²) in [6, 6.07) is 0. The maximum Gasteiger partial charge on any atom is 0.113 e. The molecule has 0 heterocycles. The fourth-order valence-corrected chi connectivity index (χ4v) is 0.921. The summed E-state index contributed by atoms with van der Waals surface area (Å²) in [6.07, 6.45) is 2.41. The van der Waals surface area contributed by atoms with Crippen LogP contribution in [-0.4, -0.2) is 17.9 Å². The zero-order valence-electron chi connectivity index (χ0n) is 9.80. The van der Waals surface area contributed by atoms with Gasteiger partial charge in [-0.1, -0.05) is 13.8 Å². The van der Waals surface area contributed by atoms with Crippen LogP contribution in [0.3, 0.4) is 0 Å². The van der Waals surface area contributed by atoms with Crippen LogP contribution in [0.1, 0.15) is 47.0 Å². The van der Waals surface area contributed by atoms with Gasteiger partial charge in [-0.3, -0.25) is 4.84 Å². The Morgan fingerprint density at radius 2 is 1.71 bits per heavy atom. The molecule has 0 rings (SSSR count). The van der Waals surface area contributed by atoms with Gasteiger partial charge in [-0.2, -0.15) is 0 Å². The Hall–Kier alpha value is -0.160. The first-order chi connectivity index (χ1) is 6.39. The van der Waals surface area contributed by atoms with E-state index in [9.17, 15) is 0 Å². The Labute approximate surface area is 86.9 Å². The normalized spacial score (nSPS) is 20.1. The molecule has 4 N–H and O–H groups in total. The van der Waals surface area contributed by atoms with Crippen molar-refractivity contribution in [1.82, 2.24) is 0 Å². The summed E-state index contributed by atoms with van der Waals surface area (Å²) in [5.41, 5.74) is 4.99. The number of rotatable bonds is 7. The lowest BCUT2D eigenvalue weighted by Gasteiger charge is -2.29. The van der Waals surface area contributed by atoms with Gasteiger partial charge in [0.15, 0.2) is 0 Å². The van der Waals surface area contributed by atoms with E-state index >= 15 is 0 Å². The molecule has 0 fully saturated rings. The van der Waals surface area contributed by atoms with E-state index < -0.39 is 5.72 Å². The van der Waals surface area contributed by atoms with Crippen molar-refractivity contribution >= 4 is 0 Å². The maximum atomic E-state index is 5.83. The summed E-state index contributed by atoms with van der Waals surface area (Å²) >= 11 is 0. The average molecular weight is 204 g/mol. The second-order valence-electron chi connectivity index (χ2n) is 4.19. The molecule has 0 aromatic carbocycles. The zero-order chi connectivity index (χ0) is 11.2. The zero-order valence-corrected chi connectivity index (χ0v) is 9.80. The standard InChI is InChI=1S/C10H24N2O2/c1-5-9(3,14-12)7-8-13-10(4,11)6-2/h5-8,11-12H2,1-4H3. The number of hydrogen-bond donors (Lipinski definition) is 2.